The minimum atomic E-state index is -1.36. The molecule has 0 bridgehead atoms. The van der Waals surface area contributed by atoms with Crippen molar-refractivity contribution in [1.82, 2.24) is 0 Å². The van der Waals surface area contributed by atoms with Gasteiger partial charge in [-0.1, -0.05) is 183 Å². The lowest BCUT2D eigenvalue weighted by Crippen LogP contribution is -2.37. The van der Waals surface area contributed by atoms with Crippen molar-refractivity contribution in [3.63, 3.8) is 0 Å². The van der Waals surface area contributed by atoms with E-state index in [0.29, 0.717) is 0 Å². The molecule has 290 valence electrons. The smallest absolute Gasteiger partial charge is 0.0775 e. The number of para-hydroxylation sites is 2. The van der Waals surface area contributed by atoms with Crippen LogP contribution in [0.25, 0.3) is 33.4 Å². The van der Waals surface area contributed by atoms with Crippen molar-refractivity contribution in [2.24, 2.45) is 0 Å². The van der Waals surface area contributed by atoms with E-state index in [0.717, 1.165) is 17.1 Å². The Morgan fingerprint density at radius 3 is 1.19 bits per heavy atom. The molecule has 0 radical (unpaired) electrons. The molecule has 59 heavy (non-hydrogen) atoms. The van der Waals surface area contributed by atoms with E-state index >= 15 is 0 Å². The molecule has 0 amide bonds. The number of rotatable bonds is 9. The van der Waals surface area contributed by atoms with Gasteiger partial charge in [-0.25, -0.2) is 0 Å². The molecule has 0 aliphatic carbocycles. The van der Waals surface area contributed by atoms with E-state index in [4.69, 9.17) is 0 Å². The summed E-state index contributed by atoms with van der Waals surface area (Å²) in [6.07, 6.45) is 0. The highest BCUT2D eigenvalue weighted by atomic mass is 32.2. The average Bonchev–Trinajstić information content (AvgIpc) is 3.26. The van der Waals surface area contributed by atoms with Crippen molar-refractivity contribution < 1.29 is 0 Å². The first-order valence-corrected chi connectivity index (χ1v) is 28.4. The Morgan fingerprint density at radius 2 is 0.729 bits per heavy atom. The van der Waals surface area contributed by atoms with Gasteiger partial charge in [0.05, 0.1) is 27.5 Å². The SMILES string of the molecule is C[Si](C)(C)c1ccc(-c2ccc(N(c3ccc(-c4ccc([Si](C)(C)C)cc4)cc3)c3ccc(-c4ccc5c(c4)Sc4ccccc4N5c4ccccc4)cc3)cc2)cc1. The van der Waals surface area contributed by atoms with E-state index in [9.17, 15) is 0 Å². The van der Waals surface area contributed by atoms with E-state index in [2.05, 4.69) is 243 Å². The largest absolute Gasteiger partial charge is 0.311 e. The molecule has 8 aromatic carbocycles. The normalized spacial score (nSPS) is 12.5. The van der Waals surface area contributed by atoms with Gasteiger partial charge < -0.3 is 9.80 Å². The van der Waals surface area contributed by atoms with Gasteiger partial charge in [0.25, 0.3) is 0 Å². The maximum Gasteiger partial charge on any atom is 0.0775 e. The summed E-state index contributed by atoms with van der Waals surface area (Å²) in [7, 11) is -2.72. The van der Waals surface area contributed by atoms with E-state index in [1.807, 2.05) is 11.8 Å². The summed E-state index contributed by atoms with van der Waals surface area (Å²) in [5, 5.41) is 2.97. The van der Waals surface area contributed by atoms with Crippen LogP contribution >= 0.6 is 11.8 Å². The molecule has 5 heteroatoms. The summed E-state index contributed by atoms with van der Waals surface area (Å²) in [4.78, 5) is 7.27. The predicted molar refractivity (Wildman–Crippen MR) is 262 cm³/mol. The molecule has 2 nitrogen and oxygen atoms in total. The molecule has 0 saturated carbocycles. The van der Waals surface area contributed by atoms with Crippen LogP contribution in [0.4, 0.5) is 34.1 Å². The average molecular weight is 815 g/mol. The zero-order chi connectivity index (χ0) is 40.7. The fourth-order valence-electron chi connectivity index (χ4n) is 7.97. The van der Waals surface area contributed by atoms with Gasteiger partial charge in [0, 0.05) is 32.5 Å². The third-order valence-electron chi connectivity index (χ3n) is 11.4. The van der Waals surface area contributed by atoms with Gasteiger partial charge in [0.1, 0.15) is 0 Å². The second kappa shape index (κ2) is 15.7. The molecule has 8 aromatic rings. The number of hydrogen-bond acceptors (Lipinski definition) is 3. The third-order valence-corrected chi connectivity index (χ3v) is 16.7. The molecule has 0 unspecified atom stereocenters. The molecule has 0 fully saturated rings. The molecular weight excluding hydrogens is 765 g/mol. The standard InChI is InChI=1S/C54H50N2SSi2/c1-58(2,3)49-33-22-41(23-34-49)39-16-27-46(28-17-39)55(47-29-18-40(19-30-47)42-24-35-50(36-25-42)59(4,5)6)48-31-20-43(21-32-48)44-26-37-52-54(38-44)57-53-15-11-10-14-51(53)56(52)45-12-8-7-9-13-45/h7-38H,1-6H3. The van der Waals surface area contributed by atoms with Crippen molar-refractivity contribution in [3.8, 4) is 33.4 Å². The lowest BCUT2D eigenvalue weighted by atomic mass is 10.0. The van der Waals surface area contributed by atoms with Gasteiger partial charge in [-0.2, -0.15) is 0 Å². The van der Waals surface area contributed by atoms with Crippen LogP contribution in [0.15, 0.2) is 204 Å². The molecule has 0 saturated heterocycles. The predicted octanol–water partition coefficient (Wildman–Crippen LogP) is 15.2. The molecule has 1 heterocycles. The summed E-state index contributed by atoms with van der Waals surface area (Å²) < 4.78 is 0. The Hall–Kier alpha value is -5.86. The zero-order valence-corrected chi connectivity index (χ0v) is 37.6. The second-order valence-corrected chi connectivity index (χ2v) is 28.8. The van der Waals surface area contributed by atoms with Crippen LogP contribution in [0.2, 0.25) is 39.3 Å². The highest BCUT2D eigenvalue weighted by Crippen LogP contribution is 2.52. The van der Waals surface area contributed by atoms with Crippen molar-refractivity contribution >= 4 is 72.4 Å². The van der Waals surface area contributed by atoms with E-state index < -0.39 is 16.1 Å². The van der Waals surface area contributed by atoms with E-state index in [-0.39, 0.29) is 0 Å². The van der Waals surface area contributed by atoms with Crippen LogP contribution in [0.5, 0.6) is 0 Å². The van der Waals surface area contributed by atoms with Crippen molar-refractivity contribution in [1.29, 1.82) is 0 Å². The van der Waals surface area contributed by atoms with E-state index in [1.54, 1.807) is 0 Å². The zero-order valence-electron chi connectivity index (χ0n) is 34.8. The first-order chi connectivity index (χ1) is 28.5. The van der Waals surface area contributed by atoms with Crippen molar-refractivity contribution in [3.05, 3.63) is 194 Å². The lowest BCUT2D eigenvalue weighted by molar-refractivity contribution is 1.17. The molecule has 0 atom stereocenters. The first-order valence-electron chi connectivity index (χ1n) is 20.6. The van der Waals surface area contributed by atoms with Crippen LogP contribution in [-0.4, -0.2) is 16.1 Å². The van der Waals surface area contributed by atoms with Gasteiger partial charge in [-0.3, -0.25) is 0 Å². The number of hydrogen-bond donors (Lipinski definition) is 0. The number of fused-ring (bicyclic) bond motifs is 2. The summed E-state index contributed by atoms with van der Waals surface area (Å²) >= 11 is 1.85. The van der Waals surface area contributed by atoms with Gasteiger partial charge in [-0.15, -0.1) is 0 Å². The van der Waals surface area contributed by atoms with Gasteiger partial charge >= 0.3 is 0 Å². The van der Waals surface area contributed by atoms with E-state index in [1.165, 1.54) is 70.6 Å². The Morgan fingerprint density at radius 1 is 0.356 bits per heavy atom. The topological polar surface area (TPSA) is 6.48 Å². The Kier molecular flexibility index (Phi) is 10.3. The van der Waals surface area contributed by atoms with Crippen molar-refractivity contribution in [2.75, 3.05) is 9.80 Å². The van der Waals surface area contributed by atoms with Crippen LogP contribution in [0.3, 0.4) is 0 Å². The lowest BCUT2D eigenvalue weighted by Gasteiger charge is -2.33. The quantitative estimate of drug-likeness (QED) is 0.134. The number of nitrogens with zero attached hydrogens (tertiary/aromatic N) is 2. The molecule has 0 N–H and O–H groups in total. The highest BCUT2D eigenvalue weighted by Gasteiger charge is 2.25. The first kappa shape index (κ1) is 38.7. The molecule has 0 aromatic heterocycles. The Labute approximate surface area is 356 Å². The third kappa shape index (κ3) is 7.98. The number of benzene rings is 8. The minimum absolute atomic E-state index is 1.12. The van der Waals surface area contributed by atoms with Crippen molar-refractivity contribution in [2.45, 2.75) is 49.1 Å². The maximum absolute atomic E-state index is 2.40. The molecule has 0 spiro atoms. The summed E-state index contributed by atoms with van der Waals surface area (Å²) in [5.41, 5.74) is 14.3. The van der Waals surface area contributed by atoms with Crippen LogP contribution in [-0.2, 0) is 0 Å². The van der Waals surface area contributed by atoms with Gasteiger partial charge in [-0.05, 0) is 106 Å². The highest BCUT2D eigenvalue weighted by molar-refractivity contribution is 7.99. The summed E-state index contributed by atoms with van der Waals surface area (Å²) in [6.45, 7) is 14.4. The molecule has 1 aliphatic heterocycles. The van der Waals surface area contributed by atoms with Gasteiger partial charge in [0.15, 0.2) is 0 Å². The molecule has 1 aliphatic rings. The fourth-order valence-corrected chi connectivity index (χ4v) is 11.4. The second-order valence-electron chi connectivity index (χ2n) is 17.6. The summed E-state index contributed by atoms with van der Waals surface area (Å²) in [6, 6.07) is 71.8. The van der Waals surface area contributed by atoms with Crippen LogP contribution < -0.4 is 20.2 Å². The van der Waals surface area contributed by atoms with Gasteiger partial charge in [0.2, 0.25) is 0 Å². The molecule has 9 rings (SSSR count). The monoisotopic (exact) mass is 814 g/mol. The summed E-state index contributed by atoms with van der Waals surface area (Å²) in [5.74, 6) is 0. The Balaban J connectivity index is 1.05. The molecular formula is C54H50N2SSi2. The maximum atomic E-state index is 2.40. The van der Waals surface area contributed by atoms with Crippen LogP contribution in [0.1, 0.15) is 0 Å². The van der Waals surface area contributed by atoms with Crippen LogP contribution in [0, 0.1) is 0 Å². The number of anilines is 6. The minimum Gasteiger partial charge on any atom is -0.311 e. The Bertz CT molecular complexity index is 2610. The fraction of sp³-hybridized carbons (Fsp3) is 0.111.